The second-order valence-electron chi connectivity index (χ2n) is 5.84. The van der Waals surface area contributed by atoms with Gasteiger partial charge in [0.25, 0.3) is 0 Å². The monoisotopic (exact) mass is 272 g/mol. The van der Waals surface area contributed by atoms with Crippen LogP contribution in [0.1, 0.15) is 38.4 Å². The summed E-state index contributed by atoms with van der Waals surface area (Å²) in [5.74, 6) is 0.854. The molecule has 0 radical (unpaired) electrons. The van der Waals surface area contributed by atoms with Gasteiger partial charge >= 0.3 is 0 Å². The summed E-state index contributed by atoms with van der Waals surface area (Å²) in [5.41, 5.74) is 3.85. The van der Waals surface area contributed by atoms with E-state index in [4.69, 9.17) is 0 Å². The van der Waals surface area contributed by atoms with Crippen LogP contribution in [0, 0.1) is 12.8 Å². The molecule has 0 bridgehead atoms. The smallest absolute Gasteiger partial charge is 0.164 e. The molecule has 1 aromatic heterocycles. The molecule has 20 heavy (non-hydrogen) atoms. The Kier molecular flexibility index (Phi) is 4.48. The maximum Gasteiger partial charge on any atom is 0.164 e. The van der Waals surface area contributed by atoms with Gasteiger partial charge in [0.15, 0.2) is 5.75 Å². The summed E-state index contributed by atoms with van der Waals surface area (Å²) >= 11 is 0. The third kappa shape index (κ3) is 3.03. The average molecular weight is 272 g/mol. The fourth-order valence-electron chi connectivity index (χ4n) is 2.37. The van der Waals surface area contributed by atoms with Gasteiger partial charge in [-0.05, 0) is 19.3 Å². The lowest BCUT2D eigenvalue weighted by Crippen LogP contribution is -2.09. The quantitative estimate of drug-likeness (QED) is 0.887. The van der Waals surface area contributed by atoms with Crippen molar-refractivity contribution >= 4 is 0 Å². The van der Waals surface area contributed by atoms with Crippen LogP contribution in [0.3, 0.4) is 0 Å². The molecule has 0 aliphatic rings. The van der Waals surface area contributed by atoms with Gasteiger partial charge in [0.1, 0.15) is 5.69 Å². The van der Waals surface area contributed by atoms with Gasteiger partial charge in [0.05, 0.1) is 5.69 Å². The molecule has 3 nitrogen and oxygen atoms in total. The number of hydrogen-bond acceptors (Lipinski definition) is 2. The molecule has 0 spiro atoms. The highest BCUT2D eigenvalue weighted by Gasteiger charge is 2.18. The Morgan fingerprint density at radius 1 is 1.20 bits per heavy atom. The zero-order valence-electron chi connectivity index (χ0n) is 12.8. The maximum absolute atomic E-state index is 10.5. The van der Waals surface area contributed by atoms with E-state index >= 15 is 0 Å². The van der Waals surface area contributed by atoms with Crippen molar-refractivity contribution in [2.24, 2.45) is 5.92 Å². The fraction of sp³-hybridized carbons (Fsp3) is 0.471. The maximum atomic E-state index is 10.5. The first-order valence-corrected chi connectivity index (χ1v) is 7.38. The molecule has 2 rings (SSSR count). The molecule has 0 atom stereocenters. The molecule has 0 amide bonds. The first-order chi connectivity index (χ1) is 9.52. The van der Waals surface area contributed by atoms with E-state index in [1.807, 2.05) is 16.8 Å². The lowest BCUT2D eigenvalue weighted by Gasteiger charge is -2.08. The van der Waals surface area contributed by atoms with Gasteiger partial charge in [-0.1, -0.05) is 57.0 Å². The predicted molar refractivity (Wildman–Crippen MR) is 82.9 cm³/mol. The first kappa shape index (κ1) is 14.6. The summed E-state index contributed by atoms with van der Waals surface area (Å²) in [6.07, 6.45) is 1.86. The van der Waals surface area contributed by atoms with Crippen molar-refractivity contribution in [1.29, 1.82) is 0 Å². The Morgan fingerprint density at radius 3 is 2.40 bits per heavy atom. The second kappa shape index (κ2) is 6.12. The summed E-state index contributed by atoms with van der Waals surface area (Å²) in [5, 5.41) is 15.1. The van der Waals surface area contributed by atoms with Gasteiger partial charge < -0.3 is 5.11 Å². The SMILES string of the molecule is CCCc1c(O)c(-c2ccc(C)cc2)nn1CC(C)C. The van der Waals surface area contributed by atoms with E-state index in [-0.39, 0.29) is 0 Å². The summed E-state index contributed by atoms with van der Waals surface area (Å²) < 4.78 is 1.97. The van der Waals surface area contributed by atoms with E-state index in [9.17, 15) is 5.11 Å². The van der Waals surface area contributed by atoms with Gasteiger partial charge in [-0.25, -0.2) is 0 Å². The summed E-state index contributed by atoms with van der Waals surface area (Å²) in [7, 11) is 0. The third-order valence-electron chi connectivity index (χ3n) is 3.38. The molecule has 0 fully saturated rings. The van der Waals surface area contributed by atoms with Crippen molar-refractivity contribution in [2.75, 3.05) is 0 Å². The Morgan fingerprint density at radius 2 is 1.85 bits per heavy atom. The van der Waals surface area contributed by atoms with Crippen molar-refractivity contribution < 1.29 is 5.11 Å². The van der Waals surface area contributed by atoms with E-state index in [0.29, 0.717) is 17.4 Å². The van der Waals surface area contributed by atoms with Gasteiger partial charge in [-0.2, -0.15) is 5.10 Å². The first-order valence-electron chi connectivity index (χ1n) is 7.38. The van der Waals surface area contributed by atoms with Crippen molar-refractivity contribution in [3.63, 3.8) is 0 Å². The second-order valence-corrected chi connectivity index (χ2v) is 5.84. The minimum absolute atomic E-state index is 0.344. The van der Waals surface area contributed by atoms with Crippen molar-refractivity contribution in [3.05, 3.63) is 35.5 Å². The number of rotatable bonds is 5. The van der Waals surface area contributed by atoms with Gasteiger partial charge in [0, 0.05) is 12.1 Å². The summed E-state index contributed by atoms with van der Waals surface area (Å²) in [6.45, 7) is 9.36. The van der Waals surface area contributed by atoms with E-state index < -0.39 is 0 Å². The van der Waals surface area contributed by atoms with Gasteiger partial charge in [-0.3, -0.25) is 4.68 Å². The highest BCUT2D eigenvalue weighted by molar-refractivity contribution is 5.67. The number of nitrogens with zero attached hydrogens (tertiary/aromatic N) is 2. The number of aryl methyl sites for hydroxylation is 1. The minimum atomic E-state index is 0.344. The van der Waals surface area contributed by atoms with Crippen molar-refractivity contribution in [1.82, 2.24) is 9.78 Å². The van der Waals surface area contributed by atoms with Crippen LogP contribution in [0.5, 0.6) is 5.75 Å². The average Bonchev–Trinajstić information content (AvgIpc) is 2.68. The number of aromatic hydroxyl groups is 1. The molecular formula is C17H24N2O. The normalized spacial score (nSPS) is 11.2. The lowest BCUT2D eigenvalue weighted by molar-refractivity contribution is 0.443. The number of benzene rings is 1. The van der Waals surface area contributed by atoms with Crippen LogP contribution in [-0.4, -0.2) is 14.9 Å². The molecule has 0 aliphatic carbocycles. The standard InChI is InChI=1S/C17H24N2O/c1-5-6-15-17(20)16(18-19(15)11-12(2)3)14-9-7-13(4)8-10-14/h7-10,12,20H,5-6,11H2,1-4H3. The molecular weight excluding hydrogens is 248 g/mol. The van der Waals surface area contributed by atoms with Gasteiger partial charge in [0.2, 0.25) is 0 Å². The third-order valence-corrected chi connectivity index (χ3v) is 3.38. The van der Waals surface area contributed by atoms with Crippen LogP contribution in [0.25, 0.3) is 11.3 Å². The number of hydrogen-bond donors (Lipinski definition) is 1. The molecule has 2 aromatic rings. The predicted octanol–water partition coefficient (Wildman–Crippen LogP) is 4.17. The molecule has 0 saturated carbocycles. The molecule has 1 N–H and O–H groups in total. The topological polar surface area (TPSA) is 38.1 Å². The molecule has 0 saturated heterocycles. The molecule has 1 heterocycles. The highest BCUT2D eigenvalue weighted by atomic mass is 16.3. The Balaban J connectivity index is 2.45. The van der Waals surface area contributed by atoms with Crippen LogP contribution < -0.4 is 0 Å². The van der Waals surface area contributed by atoms with Crippen LogP contribution in [-0.2, 0) is 13.0 Å². The molecule has 108 valence electrons. The molecule has 0 aliphatic heterocycles. The Hall–Kier alpha value is -1.77. The van der Waals surface area contributed by atoms with Crippen LogP contribution in [0.4, 0.5) is 0 Å². The van der Waals surface area contributed by atoms with Crippen LogP contribution >= 0.6 is 0 Å². The highest BCUT2D eigenvalue weighted by Crippen LogP contribution is 2.32. The molecule has 0 unspecified atom stereocenters. The Labute approximate surface area is 121 Å². The van der Waals surface area contributed by atoms with Crippen molar-refractivity contribution in [2.45, 2.75) is 47.1 Å². The minimum Gasteiger partial charge on any atom is -0.504 e. The summed E-state index contributed by atoms with van der Waals surface area (Å²) in [6, 6.07) is 8.14. The van der Waals surface area contributed by atoms with Gasteiger partial charge in [-0.15, -0.1) is 0 Å². The zero-order valence-corrected chi connectivity index (χ0v) is 12.8. The van der Waals surface area contributed by atoms with E-state index in [1.165, 1.54) is 5.56 Å². The van der Waals surface area contributed by atoms with Crippen LogP contribution in [0.15, 0.2) is 24.3 Å². The summed E-state index contributed by atoms with van der Waals surface area (Å²) in [4.78, 5) is 0. The van der Waals surface area contributed by atoms with E-state index in [2.05, 4.69) is 44.9 Å². The molecule has 1 aromatic carbocycles. The Bertz CT molecular complexity index is 567. The fourth-order valence-corrected chi connectivity index (χ4v) is 2.37. The number of aromatic nitrogens is 2. The van der Waals surface area contributed by atoms with Crippen LogP contribution in [0.2, 0.25) is 0 Å². The van der Waals surface area contributed by atoms with Crippen molar-refractivity contribution in [3.8, 4) is 17.0 Å². The molecule has 3 heteroatoms. The largest absolute Gasteiger partial charge is 0.504 e. The van der Waals surface area contributed by atoms with E-state index in [1.54, 1.807) is 0 Å². The van der Waals surface area contributed by atoms with E-state index in [0.717, 1.165) is 30.6 Å². The zero-order chi connectivity index (χ0) is 14.7. The lowest BCUT2D eigenvalue weighted by atomic mass is 10.1.